The summed E-state index contributed by atoms with van der Waals surface area (Å²) in [6.45, 7) is 1.92. The van der Waals surface area contributed by atoms with Crippen molar-refractivity contribution in [2.75, 3.05) is 44.3 Å². The molecule has 2 aromatic rings. The molecule has 0 N–H and O–H groups in total. The van der Waals surface area contributed by atoms with E-state index in [0.29, 0.717) is 23.4 Å². The topological polar surface area (TPSA) is 60.9 Å². The van der Waals surface area contributed by atoms with Gasteiger partial charge in [-0.3, -0.25) is 9.10 Å². The molecule has 176 valence electrons. The fourth-order valence-corrected chi connectivity index (χ4v) is 4.03. The van der Waals surface area contributed by atoms with Crippen LogP contribution in [0.15, 0.2) is 48.5 Å². The van der Waals surface area contributed by atoms with Crippen LogP contribution >= 0.6 is 0 Å². The Labute approximate surface area is 187 Å². The van der Waals surface area contributed by atoms with Gasteiger partial charge in [0.25, 0.3) is 0 Å². The second-order valence-corrected chi connectivity index (χ2v) is 9.78. The van der Waals surface area contributed by atoms with Crippen LogP contribution in [0.2, 0.25) is 0 Å². The lowest BCUT2D eigenvalue weighted by Gasteiger charge is -2.29. The molecular weight excluding hydrogens is 443 g/mol. The summed E-state index contributed by atoms with van der Waals surface area (Å²) >= 11 is 0. The fraction of sp³-hybridized carbons (Fsp3) is 0.409. The predicted molar refractivity (Wildman–Crippen MR) is 119 cm³/mol. The summed E-state index contributed by atoms with van der Waals surface area (Å²) in [5.74, 6) is -0.502. The minimum absolute atomic E-state index is 0.0675. The third kappa shape index (κ3) is 7.23. The van der Waals surface area contributed by atoms with Gasteiger partial charge in [0.15, 0.2) is 0 Å². The molecule has 0 aliphatic rings. The lowest BCUT2D eigenvalue weighted by atomic mass is 10.1. The number of aryl methyl sites for hydroxylation is 1. The molecule has 2 rings (SSSR count). The third-order valence-electron chi connectivity index (χ3n) is 4.86. The quantitative estimate of drug-likeness (QED) is 0.563. The van der Waals surface area contributed by atoms with Crippen molar-refractivity contribution in [2.24, 2.45) is 0 Å². The molecule has 0 radical (unpaired) electrons. The minimum Gasteiger partial charge on any atom is -0.336 e. The Kier molecular flexibility index (Phi) is 8.30. The van der Waals surface area contributed by atoms with E-state index in [1.165, 1.54) is 17.0 Å². The normalized spacial score (nSPS) is 12.1. The maximum absolute atomic E-state index is 13.2. The van der Waals surface area contributed by atoms with E-state index in [1.54, 1.807) is 31.2 Å². The van der Waals surface area contributed by atoms with E-state index in [9.17, 15) is 26.4 Å². The van der Waals surface area contributed by atoms with Gasteiger partial charge < -0.3 is 9.80 Å². The highest BCUT2D eigenvalue weighted by molar-refractivity contribution is 7.92. The Balaban J connectivity index is 2.33. The number of halogens is 3. The van der Waals surface area contributed by atoms with Gasteiger partial charge in [0.05, 0.1) is 17.5 Å². The molecule has 6 nitrogen and oxygen atoms in total. The molecule has 0 saturated heterocycles. The van der Waals surface area contributed by atoms with Gasteiger partial charge in [-0.2, -0.15) is 13.2 Å². The van der Waals surface area contributed by atoms with Crippen LogP contribution in [0, 0.1) is 6.92 Å². The Hall–Kier alpha value is -2.59. The molecule has 0 aliphatic carbocycles. The fourth-order valence-electron chi connectivity index (χ4n) is 3.13. The number of likely N-dealkylation sites (N-methyl/N-ethyl adjacent to an activating group) is 1. The standard InChI is InChI=1S/C22H28F3N3O3S/c1-17-8-5-6-11-20(17)28(32(4,30)31)16-21(29)27(13-12-26(2)3)15-18-9-7-10-19(14-18)22(23,24)25/h5-11,14H,12-13,15-16H2,1-4H3. The SMILES string of the molecule is Cc1ccccc1N(CC(=O)N(CCN(C)C)Cc1cccc(C(F)(F)F)c1)S(C)(=O)=O. The van der Waals surface area contributed by atoms with Gasteiger partial charge in [-0.15, -0.1) is 0 Å². The van der Waals surface area contributed by atoms with Crippen molar-refractivity contribution < 1.29 is 26.4 Å². The van der Waals surface area contributed by atoms with Crippen molar-refractivity contribution in [3.8, 4) is 0 Å². The zero-order chi connectivity index (χ0) is 24.1. The summed E-state index contributed by atoms with van der Waals surface area (Å²) in [6.07, 6.45) is -3.48. The molecule has 0 aliphatic heterocycles. The number of hydrogen-bond donors (Lipinski definition) is 0. The van der Waals surface area contributed by atoms with Crippen molar-refractivity contribution in [3.63, 3.8) is 0 Å². The van der Waals surface area contributed by atoms with Crippen LogP contribution in [-0.2, 0) is 27.5 Å². The van der Waals surface area contributed by atoms with Crippen LogP contribution in [0.5, 0.6) is 0 Å². The monoisotopic (exact) mass is 471 g/mol. The van der Waals surface area contributed by atoms with Crippen LogP contribution in [0.25, 0.3) is 0 Å². The Bertz CT molecular complexity index is 1040. The van der Waals surface area contributed by atoms with Gasteiger partial charge >= 0.3 is 6.18 Å². The van der Waals surface area contributed by atoms with Gasteiger partial charge in [0, 0.05) is 19.6 Å². The summed E-state index contributed by atoms with van der Waals surface area (Å²) in [7, 11) is -0.155. The van der Waals surface area contributed by atoms with E-state index in [-0.39, 0.29) is 13.1 Å². The van der Waals surface area contributed by atoms with Crippen LogP contribution in [0.3, 0.4) is 0 Å². The van der Waals surface area contributed by atoms with E-state index >= 15 is 0 Å². The highest BCUT2D eigenvalue weighted by atomic mass is 32.2. The molecule has 0 heterocycles. The number of para-hydroxylation sites is 1. The number of nitrogens with zero attached hydrogens (tertiary/aromatic N) is 3. The number of carbonyl (C=O) groups is 1. The molecular formula is C22H28F3N3O3S. The summed E-state index contributed by atoms with van der Waals surface area (Å²) in [6, 6.07) is 11.6. The van der Waals surface area contributed by atoms with Crippen molar-refractivity contribution >= 4 is 21.6 Å². The number of anilines is 1. The number of sulfonamides is 1. The Morgan fingerprint density at radius 2 is 1.66 bits per heavy atom. The number of rotatable bonds is 9. The van der Waals surface area contributed by atoms with E-state index in [1.807, 2.05) is 19.0 Å². The molecule has 0 fully saturated rings. The van der Waals surface area contributed by atoms with Gasteiger partial charge in [0.2, 0.25) is 15.9 Å². The second kappa shape index (κ2) is 10.4. The zero-order valence-corrected chi connectivity index (χ0v) is 19.4. The predicted octanol–water partition coefficient (Wildman–Crippen LogP) is 3.37. The first kappa shape index (κ1) is 25.7. The van der Waals surface area contributed by atoms with Crippen LogP contribution in [0.1, 0.15) is 16.7 Å². The lowest BCUT2D eigenvalue weighted by Crippen LogP contribution is -2.44. The molecule has 0 unspecified atom stereocenters. The second-order valence-electron chi connectivity index (χ2n) is 7.87. The maximum atomic E-state index is 13.2. The van der Waals surface area contributed by atoms with E-state index in [2.05, 4.69) is 0 Å². The summed E-state index contributed by atoms with van der Waals surface area (Å²) in [4.78, 5) is 16.4. The number of hydrogen-bond acceptors (Lipinski definition) is 4. The first-order chi connectivity index (χ1) is 14.8. The smallest absolute Gasteiger partial charge is 0.336 e. The first-order valence-electron chi connectivity index (χ1n) is 9.91. The Morgan fingerprint density at radius 3 is 2.22 bits per heavy atom. The summed E-state index contributed by atoms with van der Waals surface area (Å²) < 4.78 is 65.2. The average Bonchev–Trinajstić information content (AvgIpc) is 2.68. The Morgan fingerprint density at radius 1 is 1.00 bits per heavy atom. The zero-order valence-electron chi connectivity index (χ0n) is 18.6. The maximum Gasteiger partial charge on any atom is 0.416 e. The molecule has 0 saturated carbocycles. The molecule has 32 heavy (non-hydrogen) atoms. The summed E-state index contributed by atoms with van der Waals surface area (Å²) in [5.41, 5.74) is 0.583. The number of amides is 1. The molecule has 0 bridgehead atoms. The van der Waals surface area contributed by atoms with Gasteiger partial charge in [-0.1, -0.05) is 30.3 Å². The van der Waals surface area contributed by atoms with Gasteiger partial charge in [-0.25, -0.2) is 8.42 Å². The number of benzene rings is 2. The minimum atomic E-state index is -4.49. The molecule has 0 atom stereocenters. The third-order valence-corrected chi connectivity index (χ3v) is 5.99. The van der Waals surface area contributed by atoms with Crippen LogP contribution in [0.4, 0.5) is 18.9 Å². The average molecular weight is 472 g/mol. The van der Waals surface area contributed by atoms with Crippen molar-refractivity contribution in [1.82, 2.24) is 9.80 Å². The molecule has 10 heteroatoms. The largest absolute Gasteiger partial charge is 0.416 e. The van der Waals surface area contributed by atoms with E-state index in [4.69, 9.17) is 0 Å². The van der Waals surface area contributed by atoms with Crippen LogP contribution in [-0.4, -0.2) is 64.1 Å². The first-order valence-corrected chi connectivity index (χ1v) is 11.8. The van der Waals surface area contributed by atoms with Crippen molar-refractivity contribution in [3.05, 3.63) is 65.2 Å². The number of alkyl halides is 3. The molecule has 1 amide bonds. The number of carbonyl (C=O) groups excluding carboxylic acids is 1. The van der Waals surface area contributed by atoms with Crippen LogP contribution < -0.4 is 4.31 Å². The summed E-state index contributed by atoms with van der Waals surface area (Å²) in [5, 5.41) is 0. The molecule has 2 aromatic carbocycles. The van der Waals surface area contributed by atoms with E-state index in [0.717, 1.165) is 22.7 Å². The van der Waals surface area contributed by atoms with Crippen molar-refractivity contribution in [2.45, 2.75) is 19.6 Å². The highest BCUT2D eigenvalue weighted by Crippen LogP contribution is 2.30. The van der Waals surface area contributed by atoms with Crippen molar-refractivity contribution in [1.29, 1.82) is 0 Å². The highest BCUT2D eigenvalue weighted by Gasteiger charge is 2.31. The lowest BCUT2D eigenvalue weighted by molar-refractivity contribution is -0.137. The molecule has 0 spiro atoms. The van der Waals surface area contributed by atoms with Gasteiger partial charge in [-0.05, 0) is 50.3 Å². The molecule has 0 aromatic heterocycles. The van der Waals surface area contributed by atoms with E-state index < -0.39 is 34.2 Å². The van der Waals surface area contributed by atoms with Gasteiger partial charge in [0.1, 0.15) is 6.54 Å².